The van der Waals surface area contributed by atoms with Crippen molar-refractivity contribution < 1.29 is 4.79 Å². The number of carbonyl (C=O) groups is 1. The van der Waals surface area contributed by atoms with E-state index in [9.17, 15) is 4.79 Å². The molecule has 0 saturated heterocycles. The first-order chi connectivity index (χ1) is 9.65. The molecule has 1 aliphatic heterocycles. The van der Waals surface area contributed by atoms with Crippen molar-refractivity contribution in [3.63, 3.8) is 0 Å². The highest BCUT2D eigenvalue weighted by Gasteiger charge is 2.24. The number of aromatic nitrogens is 1. The van der Waals surface area contributed by atoms with Crippen LogP contribution in [0.5, 0.6) is 0 Å². The lowest BCUT2D eigenvalue weighted by Crippen LogP contribution is -2.37. The molecule has 3 rings (SSSR count). The third-order valence-corrected chi connectivity index (χ3v) is 4.34. The second kappa shape index (κ2) is 5.25. The number of aryl methyl sites for hydroxylation is 2. The molecule has 0 aliphatic carbocycles. The van der Waals surface area contributed by atoms with Gasteiger partial charge in [-0.05, 0) is 30.9 Å². The Morgan fingerprint density at radius 2 is 2.35 bits per heavy atom. The molecular formula is C15H17N3OS. The van der Waals surface area contributed by atoms with Gasteiger partial charge in [-0.3, -0.25) is 4.79 Å². The van der Waals surface area contributed by atoms with Gasteiger partial charge in [-0.15, -0.1) is 11.3 Å². The summed E-state index contributed by atoms with van der Waals surface area (Å²) in [5, 5.41) is 2.37. The number of rotatable bonds is 2. The summed E-state index contributed by atoms with van der Waals surface area (Å²) in [6.07, 6.45) is 2.38. The van der Waals surface area contributed by atoms with Gasteiger partial charge in [-0.1, -0.05) is 18.2 Å². The van der Waals surface area contributed by atoms with Gasteiger partial charge in [-0.25, -0.2) is 4.98 Å². The Balaban J connectivity index is 1.87. The van der Waals surface area contributed by atoms with E-state index in [-0.39, 0.29) is 5.91 Å². The van der Waals surface area contributed by atoms with Crippen molar-refractivity contribution in [1.82, 2.24) is 4.98 Å². The Kier molecular flexibility index (Phi) is 3.44. The number of nitrogens with two attached hydrogens (primary N) is 1. The summed E-state index contributed by atoms with van der Waals surface area (Å²) in [6.45, 7) is 2.85. The average molecular weight is 287 g/mol. The minimum absolute atomic E-state index is 0.102. The monoisotopic (exact) mass is 287 g/mol. The van der Waals surface area contributed by atoms with Crippen LogP contribution in [0.3, 0.4) is 0 Å². The highest BCUT2D eigenvalue weighted by atomic mass is 32.1. The lowest BCUT2D eigenvalue weighted by molar-refractivity contribution is -0.118. The SMILES string of the molecule is Cc1cccc2c1N(C(=O)Cc1csc(N)n1)CCC2. The van der Waals surface area contributed by atoms with Crippen molar-refractivity contribution in [1.29, 1.82) is 0 Å². The zero-order chi connectivity index (χ0) is 14.1. The molecule has 4 nitrogen and oxygen atoms in total. The maximum atomic E-state index is 12.5. The summed E-state index contributed by atoms with van der Waals surface area (Å²) in [7, 11) is 0. The van der Waals surface area contributed by atoms with E-state index in [1.54, 1.807) is 0 Å². The van der Waals surface area contributed by atoms with Crippen LogP contribution in [0.1, 0.15) is 23.2 Å². The zero-order valence-electron chi connectivity index (χ0n) is 11.4. The molecule has 1 aliphatic rings. The predicted octanol–water partition coefficient (Wildman–Crippen LogP) is 2.56. The number of anilines is 2. The van der Waals surface area contributed by atoms with E-state index in [2.05, 4.69) is 30.1 Å². The van der Waals surface area contributed by atoms with E-state index in [1.165, 1.54) is 16.9 Å². The Labute approximate surface area is 122 Å². The van der Waals surface area contributed by atoms with E-state index < -0.39 is 0 Å². The molecule has 104 valence electrons. The second-order valence-corrected chi connectivity index (χ2v) is 5.98. The standard InChI is InChI=1S/C15H17N3OS/c1-10-4-2-5-11-6-3-7-18(14(10)11)13(19)8-12-9-20-15(16)17-12/h2,4-5,9H,3,6-8H2,1H3,(H2,16,17). The Bertz CT molecular complexity index is 650. The molecule has 0 unspecified atom stereocenters. The zero-order valence-corrected chi connectivity index (χ0v) is 12.2. The molecule has 2 N–H and O–H groups in total. The van der Waals surface area contributed by atoms with Gasteiger partial charge in [0.15, 0.2) is 5.13 Å². The average Bonchev–Trinajstić information content (AvgIpc) is 2.84. The number of nitrogens with zero attached hydrogens (tertiary/aromatic N) is 2. The number of hydrogen-bond donors (Lipinski definition) is 1. The van der Waals surface area contributed by atoms with E-state index in [0.29, 0.717) is 11.6 Å². The Morgan fingerprint density at radius 3 is 3.10 bits per heavy atom. The number of carbonyl (C=O) groups excluding carboxylic acids is 1. The number of thiazole rings is 1. The number of fused-ring (bicyclic) bond motifs is 1. The number of hydrogen-bond acceptors (Lipinski definition) is 4. The van der Waals surface area contributed by atoms with E-state index in [1.807, 2.05) is 10.3 Å². The second-order valence-electron chi connectivity index (χ2n) is 5.09. The third-order valence-electron chi connectivity index (χ3n) is 3.62. The van der Waals surface area contributed by atoms with Crippen LogP contribution in [0.2, 0.25) is 0 Å². The molecule has 0 fully saturated rings. The van der Waals surface area contributed by atoms with Crippen molar-refractivity contribution in [3.05, 3.63) is 40.4 Å². The highest BCUT2D eigenvalue weighted by molar-refractivity contribution is 7.13. The smallest absolute Gasteiger partial charge is 0.233 e. The normalized spacial score (nSPS) is 14.2. The number of amides is 1. The van der Waals surface area contributed by atoms with E-state index in [0.717, 1.165) is 36.3 Å². The van der Waals surface area contributed by atoms with Gasteiger partial charge in [0.2, 0.25) is 5.91 Å². The van der Waals surface area contributed by atoms with Gasteiger partial charge in [0.1, 0.15) is 0 Å². The molecule has 0 saturated carbocycles. The van der Waals surface area contributed by atoms with Crippen molar-refractivity contribution in [2.45, 2.75) is 26.2 Å². The van der Waals surface area contributed by atoms with Gasteiger partial charge < -0.3 is 10.6 Å². The maximum Gasteiger partial charge on any atom is 0.233 e. The van der Waals surface area contributed by atoms with Crippen LogP contribution >= 0.6 is 11.3 Å². The molecule has 2 heterocycles. The largest absolute Gasteiger partial charge is 0.375 e. The van der Waals surface area contributed by atoms with Crippen molar-refractivity contribution in [2.75, 3.05) is 17.2 Å². The summed E-state index contributed by atoms with van der Waals surface area (Å²) in [5.74, 6) is 0.102. The first kappa shape index (κ1) is 13.1. The molecule has 1 aromatic heterocycles. The van der Waals surface area contributed by atoms with Crippen molar-refractivity contribution >= 4 is 28.1 Å². The fourth-order valence-electron chi connectivity index (χ4n) is 2.75. The van der Waals surface area contributed by atoms with Gasteiger partial charge in [0.05, 0.1) is 12.1 Å². The van der Waals surface area contributed by atoms with Crippen LogP contribution in [-0.4, -0.2) is 17.4 Å². The topological polar surface area (TPSA) is 59.2 Å². The summed E-state index contributed by atoms with van der Waals surface area (Å²) in [5.41, 5.74) is 9.89. The number of benzene rings is 1. The van der Waals surface area contributed by atoms with Crippen LogP contribution in [0.15, 0.2) is 23.6 Å². The van der Waals surface area contributed by atoms with Crippen molar-refractivity contribution in [2.24, 2.45) is 0 Å². The molecule has 1 amide bonds. The first-order valence-electron chi connectivity index (χ1n) is 6.74. The van der Waals surface area contributed by atoms with Crippen LogP contribution in [0.25, 0.3) is 0 Å². The molecule has 0 atom stereocenters. The summed E-state index contributed by atoms with van der Waals surface area (Å²) in [4.78, 5) is 18.6. The Morgan fingerprint density at radius 1 is 1.50 bits per heavy atom. The lowest BCUT2D eigenvalue weighted by Gasteiger charge is -2.31. The van der Waals surface area contributed by atoms with Crippen LogP contribution in [0, 0.1) is 6.92 Å². The summed E-state index contributed by atoms with van der Waals surface area (Å²) < 4.78 is 0. The van der Waals surface area contributed by atoms with E-state index in [4.69, 9.17) is 5.73 Å². The van der Waals surface area contributed by atoms with Gasteiger partial charge in [-0.2, -0.15) is 0 Å². The van der Waals surface area contributed by atoms with Crippen LogP contribution < -0.4 is 10.6 Å². The number of nitrogen functional groups attached to an aromatic ring is 1. The quantitative estimate of drug-likeness (QED) is 0.923. The van der Waals surface area contributed by atoms with Gasteiger partial charge in [0.25, 0.3) is 0 Å². The fraction of sp³-hybridized carbons (Fsp3) is 0.333. The molecule has 2 aromatic rings. The van der Waals surface area contributed by atoms with Gasteiger partial charge >= 0.3 is 0 Å². The van der Waals surface area contributed by atoms with Crippen LogP contribution in [0.4, 0.5) is 10.8 Å². The lowest BCUT2D eigenvalue weighted by atomic mass is 9.98. The Hall–Kier alpha value is -1.88. The summed E-state index contributed by atoms with van der Waals surface area (Å²) >= 11 is 1.38. The number of para-hydroxylation sites is 1. The maximum absolute atomic E-state index is 12.5. The first-order valence-corrected chi connectivity index (χ1v) is 7.62. The molecule has 0 radical (unpaired) electrons. The van der Waals surface area contributed by atoms with Gasteiger partial charge in [0, 0.05) is 17.6 Å². The molecule has 5 heteroatoms. The molecule has 1 aromatic carbocycles. The molecule has 0 bridgehead atoms. The van der Waals surface area contributed by atoms with E-state index >= 15 is 0 Å². The third kappa shape index (κ3) is 2.41. The molecule has 0 spiro atoms. The summed E-state index contributed by atoms with van der Waals surface area (Å²) in [6, 6.07) is 6.23. The molecule has 20 heavy (non-hydrogen) atoms. The minimum atomic E-state index is 0.102. The minimum Gasteiger partial charge on any atom is -0.375 e. The predicted molar refractivity (Wildman–Crippen MR) is 82.1 cm³/mol. The highest BCUT2D eigenvalue weighted by Crippen LogP contribution is 2.31. The van der Waals surface area contributed by atoms with Crippen LogP contribution in [-0.2, 0) is 17.6 Å². The van der Waals surface area contributed by atoms with Crippen molar-refractivity contribution in [3.8, 4) is 0 Å². The fourth-order valence-corrected chi connectivity index (χ4v) is 3.31. The molecular weight excluding hydrogens is 270 g/mol.